The van der Waals surface area contributed by atoms with Gasteiger partial charge in [-0.25, -0.2) is 4.79 Å². The van der Waals surface area contributed by atoms with Crippen molar-refractivity contribution in [1.82, 2.24) is 4.57 Å². The van der Waals surface area contributed by atoms with Crippen LogP contribution in [0.1, 0.15) is 30.7 Å². The Kier molecular flexibility index (Phi) is 4.20. The fraction of sp³-hybridized carbons (Fsp3) is 0.250. The van der Waals surface area contributed by atoms with E-state index in [2.05, 4.69) is 25.2 Å². The van der Waals surface area contributed by atoms with Crippen LogP contribution in [0.5, 0.6) is 0 Å². The van der Waals surface area contributed by atoms with Gasteiger partial charge in [-0.05, 0) is 43.5 Å². The SMILES string of the molecule is CCc1c(CC)n(C(=O)Nc2ccc(C)cc2)c2ccccc12. The van der Waals surface area contributed by atoms with E-state index >= 15 is 0 Å². The van der Waals surface area contributed by atoms with Crippen LogP contribution in [0.25, 0.3) is 10.9 Å². The number of nitrogens with zero attached hydrogens (tertiary/aromatic N) is 1. The third kappa shape index (κ3) is 2.74. The van der Waals surface area contributed by atoms with Gasteiger partial charge in [0.15, 0.2) is 0 Å². The molecule has 0 aliphatic heterocycles. The Morgan fingerprint density at radius 1 is 1.00 bits per heavy atom. The molecule has 0 aliphatic rings. The number of nitrogens with one attached hydrogen (secondary N) is 1. The van der Waals surface area contributed by atoms with E-state index in [4.69, 9.17) is 0 Å². The van der Waals surface area contributed by atoms with Gasteiger partial charge in [-0.15, -0.1) is 0 Å². The zero-order valence-electron chi connectivity index (χ0n) is 13.9. The Labute approximate surface area is 136 Å². The van der Waals surface area contributed by atoms with Crippen LogP contribution in [-0.2, 0) is 12.8 Å². The second-order valence-electron chi connectivity index (χ2n) is 5.78. The van der Waals surface area contributed by atoms with Gasteiger partial charge in [0, 0.05) is 16.8 Å². The van der Waals surface area contributed by atoms with Crippen molar-refractivity contribution < 1.29 is 4.79 Å². The maximum atomic E-state index is 12.9. The van der Waals surface area contributed by atoms with Gasteiger partial charge in [0.05, 0.1) is 5.52 Å². The number of carbonyl (C=O) groups is 1. The van der Waals surface area contributed by atoms with Crippen LogP contribution >= 0.6 is 0 Å². The summed E-state index contributed by atoms with van der Waals surface area (Å²) in [6, 6.07) is 15.9. The smallest absolute Gasteiger partial charge is 0.307 e. The maximum Gasteiger partial charge on any atom is 0.330 e. The van der Waals surface area contributed by atoms with Gasteiger partial charge in [0.1, 0.15) is 0 Å². The summed E-state index contributed by atoms with van der Waals surface area (Å²) in [6.07, 6.45) is 1.76. The monoisotopic (exact) mass is 306 g/mol. The van der Waals surface area contributed by atoms with E-state index < -0.39 is 0 Å². The summed E-state index contributed by atoms with van der Waals surface area (Å²) >= 11 is 0. The molecule has 23 heavy (non-hydrogen) atoms. The molecule has 0 bridgehead atoms. The molecule has 0 saturated carbocycles. The van der Waals surface area contributed by atoms with Crippen molar-refractivity contribution in [3.05, 3.63) is 65.4 Å². The van der Waals surface area contributed by atoms with E-state index in [9.17, 15) is 4.79 Å². The summed E-state index contributed by atoms with van der Waals surface area (Å²) < 4.78 is 1.83. The Morgan fingerprint density at radius 3 is 2.35 bits per heavy atom. The van der Waals surface area contributed by atoms with Crippen LogP contribution in [0.15, 0.2) is 48.5 Å². The first kappa shape index (κ1) is 15.3. The van der Waals surface area contributed by atoms with Crippen molar-refractivity contribution in [3.63, 3.8) is 0 Å². The Morgan fingerprint density at radius 2 is 1.70 bits per heavy atom. The molecule has 1 heterocycles. The van der Waals surface area contributed by atoms with Gasteiger partial charge < -0.3 is 5.32 Å². The summed E-state index contributed by atoms with van der Waals surface area (Å²) in [5.41, 5.74) is 5.33. The Hall–Kier alpha value is -2.55. The molecule has 1 N–H and O–H groups in total. The lowest BCUT2D eigenvalue weighted by Gasteiger charge is -2.11. The standard InChI is InChI=1S/C20H22N2O/c1-4-16-17-8-6-7-9-19(17)22(18(16)5-2)20(23)21-15-12-10-14(3)11-13-15/h6-13H,4-5H2,1-3H3,(H,21,23). The molecule has 3 nitrogen and oxygen atoms in total. The number of hydrogen-bond donors (Lipinski definition) is 1. The molecule has 118 valence electrons. The van der Waals surface area contributed by atoms with Crippen LogP contribution in [-0.4, -0.2) is 10.6 Å². The minimum atomic E-state index is -0.0957. The summed E-state index contributed by atoms with van der Waals surface area (Å²) in [6.45, 7) is 6.28. The Balaban J connectivity index is 2.07. The molecule has 2 aromatic carbocycles. The van der Waals surface area contributed by atoms with E-state index in [1.807, 2.05) is 54.0 Å². The average Bonchev–Trinajstić information content (AvgIpc) is 2.90. The van der Waals surface area contributed by atoms with Crippen LogP contribution in [0.4, 0.5) is 10.5 Å². The van der Waals surface area contributed by atoms with Crippen molar-refractivity contribution in [3.8, 4) is 0 Å². The number of aromatic nitrogens is 1. The number of carbonyl (C=O) groups excluding carboxylic acids is 1. The van der Waals surface area contributed by atoms with Gasteiger partial charge in [-0.2, -0.15) is 0 Å². The number of rotatable bonds is 3. The number of aryl methyl sites for hydroxylation is 2. The van der Waals surface area contributed by atoms with Crippen LogP contribution < -0.4 is 5.32 Å². The van der Waals surface area contributed by atoms with E-state index in [-0.39, 0.29) is 6.03 Å². The molecule has 0 fully saturated rings. The second-order valence-corrected chi connectivity index (χ2v) is 5.78. The Bertz CT molecular complexity index is 844. The molecular formula is C20H22N2O. The number of fused-ring (bicyclic) bond motifs is 1. The van der Waals surface area contributed by atoms with Crippen molar-refractivity contribution >= 4 is 22.6 Å². The minimum Gasteiger partial charge on any atom is -0.307 e. The number of anilines is 1. The molecule has 0 unspecified atom stereocenters. The average molecular weight is 306 g/mol. The number of hydrogen-bond acceptors (Lipinski definition) is 1. The van der Waals surface area contributed by atoms with Crippen molar-refractivity contribution in [2.75, 3.05) is 5.32 Å². The van der Waals surface area contributed by atoms with E-state index in [1.54, 1.807) is 0 Å². The summed E-state index contributed by atoms with van der Waals surface area (Å²) in [5, 5.41) is 4.19. The van der Waals surface area contributed by atoms with Gasteiger partial charge in [0.2, 0.25) is 0 Å². The molecule has 3 rings (SSSR count). The molecule has 0 spiro atoms. The summed E-state index contributed by atoms with van der Waals surface area (Å²) in [7, 11) is 0. The van der Waals surface area contributed by atoms with Gasteiger partial charge in [-0.1, -0.05) is 49.7 Å². The molecule has 0 atom stereocenters. The topological polar surface area (TPSA) is 34.0 Å². The highest BCUT2D eigenvalue weighted by molar-refractivity contribution is 6.00. The first-order valence-electron chi connectivity index (χ1n) is 8.14. The molecule has 0 saturated heterocycles. The first-order chi connectivity index (χ1) is 11.2. The zero-order valence-corrected chi connectivity index (χ0v) is 13.9. The molecule has 3 aromatic rings. The molecule has 0 aliphatic carbocycles. The normalized spacial score (nSPS) is 10.9. The van der Waals surface area contributed by atoms with Gasteiger partial charge in [-0.3, -0.25) is 4.57 Å². The number of amides is 1. The fourth-order valence-corrected chi connectivity index (χ4v) is 3.17. The van der Waals surface area contributed by atoms with Gasteiger partial charge >= 0.3 is 6.03 Å². The molecule has 0 radical (unpaired) electrons. The molecule has 3 heteroatoms. The summed E-state index contributed by atoms with van der Waals surface area (Å²) in [4.78, 5) is 12.9. The van der Waals surface area contributed by atoms with Crippen molar-refractivity contribution in [2.45, 2.75) is 33.6 Å². The second kappa shape index (κ2) is 6.29. The lowest BCUT2D eigenvalue weighted by molar-refractivity contribution is 0.253. The first-order valence-corrected chi connectivity index (χ1v) is 8.14. The third-order valence-corrected chi connectivity index (χ3v) is 4.28. The number of para-hydroxylation sites is 1. The fourth-order valence-electron chi connectivity index (χ4n) is 3.17. The quantitative estimate of drug-likeness (QED) is 0.713. The predicted molar refractivity (Wildman–Crippen MR) is 96.3 cm³/mol. The highest BCUT2D eigenvalue weighted by Crippen LogP contribution is 2.27. The van der Waals surface area contributed by atoms with Crippen LogP contribution in [0.2, 0.25) is 0 Å². The van der Waals surface area contributed by atoms with E-state index in [0.717, 1.165) is 29.7 Å². The molecule has 1 amide bonds. The largest absolute Gasteiger partial charge is 0.330 e. The molecule has 1 aromatic heterocycles. The lowest BCUT2D eigenvalue weighted by atomic mass is 10.1. The highest BCUT2D eigenvalue weighted by atomic mass is 16.2. The highest BCUT2D eigenvalue weighted by Gasteiger charge is 2.19. The lowest BCUT2D eigenvalue weighted by Crippen LogP contribution is -2.21. The zero-order chi connectivity index (χ0) is 16.4. The van der Waals surface area contributed by atoms with Crippen molar-refractivity contribution in [1.29, 1.82) is 0 Å². The van der Waals surface area contributed by atoms with E-state index in [1.165, 1.54) is 16.5 Å². The maximum absolute atomic E-state index is 12.9. The minimum absolute atomic E-state index is 0.0957. The molecular weight excluding hydrogens is 284 g/mol. The van der Waals surface area contributed by atoms with Crippen molar-refractivity contribution in [2.24, 2.45) is 0 Å². The third-order valence-electron chi connectivity index (χ3n) is 4.28. The van der Waals surface area contributed by atoms with Gasteiger partial charge in [0.25, 0.3) is 0 Å². The van der Waals surface area contributed by atoms with Crippen LogP contribution in [0, 0.1) is 6.92 Å². The predicted octanol–water partition coefficient (Wildman–Crippen LogP) is 5.15. The van der Waals surface area contributed by atoms with E-state index in [0.29, 0.717) is 0 Å². The summed E-state index contributed by atoms with van der Waals surface area (Å²) in [5.74, 6) is 0. The number of benzene rings is 2. The van der Waals surface area contributed by atoms with Crippen LogP contribution in [0.3, 0.4) is 0 Å².